The number of methoxy groups -OCH3 is 1. The van der Waals surface area contributed by atoms with E-state index < -0.39 is 0 Å². The zero-order valence-corrected chi connectivity index (χ0v) is 18.4. The van der Waals surface area contributed by atoms with Gasteiger partial charge in [-0.3, -0.25) is 4.79 Å². The molecular formula is C24H34N4O2. The molecule has 2 aromatic rings. The van der Waals surface area contributed by atoms with Crippen LogP contribution in [-0.2, 0) is 9.53 Å². The molecule has 2 fully saturated rings. The summed E-state index contributed by atoms with van der Waals surface area (Å²) in [5.41, 5.74) is 4.34. The molecule has 3 atom stereocenters. The van der Waals surface area contributed by atoms with Crippen LogP contribution in [0.15, 0.2) is 30.3 Å². The van der Waals surface area contributed by atoms with Gasteiger partial charge in [0.1, 0.15) is 0 Å². The number of ether oxygens (including phenoxy) is 1. The molecule has 1 N–H and O–H groups in total. The molecule has 0 amide bonds. The highest BCUT2D eigenvalue weighted by Crippen LogP contribution is 2.31. The third kappa shape index (κ3) is 4.76. The Morgan fingerprint density at radius 2 is 2.13 bits per heavy atom. The third-order valence-electron chi connectivity index (χ3n) is 6.79. The zero-order valence-electron chi connectivity index (χ0n) is 18.4. The molecule has 0 spiro atoms. The molecule has 2 aliphatic heterocycles. The first-order valence-electron chi connectivity index (χ1n) is 11.2. The Bertz CT molecular complexity index is 878. The Labute approximate surface area is 179 Å². The van der Waals surface area contributed by atoms with Gasteiger partial charge in [0.05, 0.1) is 24.9 Å². The molecule has 1 aromatic heterocycles. The number of nitrogens with one attached hydrogen (secondary N) is 1. The molecular weight excluding hydrogens is 376 g/mol. The molecule has 0 bridgehead atoms. The first kappa shape index (κ1) is 21.1. The highest BCUT2D eigenvalue weighted by atomic mass is 16.5. The van der Waals surface area contributed by atoms with Crippen LogP contribution in [0.4, 0.5) is 0 Å². The number of carbonyl (C=O) groups excluding carboxylic acids is 1. The molecule has 2 saturated heterocycles. The lowest BCUT2D eigenvalue weighted by molar-refractivity contribution is -0.141. The van der Waals surface area contributed by atoms with Crippen LogP contribution in [0.1, 0.15) is 42.1 Å². The Kier molecular flexibility index (Phi) is 6.54. The molecule has 0 saturated carbocycles. The van der Waals surface area contributed by atoms with Gasteiger partial charge in [-0.2, -0.15) is 5.10 Å². The first-order valence-corrected chi connectivity index (χ1v) is 11.2. The summed E-state index contributed by atoms with van der Waals surface area (Å²) in [4.78, 5) is 14.8. The van der Waals surface area contributed by atoms with E-state index in [1.54, 1.807) is 0 Å². The maximum Gasteiger partial charge on any atom is 0.306 e. The minimum Gasteiger partial charge on any atom is -0.469 e. The lowest BCUT2D eigenvalue weighted by atomic mass is 9.80. The summed E-state index contributed by atoms with van der Waals surface area (Å²) in [6.07, 6.45) is 2.97. The van der Waals surface area contributed by atoms with Crippen LogP contribution in [0.25, 0.3) is 5.69 Å². The van der Waals surface area contributed by atoms with Gasteiger partial charge in [0.2, 0.25) is 0 Å². The quantitative estimate of drug-likeness (QED) is 0.742. The topological polar surface area (TPSA) is 59.4 Å². The van der Waals surface area contributed by atoms with Gasteiger partial charge in [-0.25, -0.2) is 4.68 Å². The number of likely N-dealkylation sites (tertiary alicyclic amines) is 1. The molecule has 0 radical (unpaired) electrons. The molecule has 30 heavy (non-hydrogen) atoms. The Morgan fingerprint density at radius 3 is 2.90 bits per heavy atom. The minimum atomic E-state index is -0.147. The van der Waals surface area contributed by atoms with Crippen LogP contribution in [0.2, 0.25) is 0 Å². The summed E-state index contributed by atoms with van der Waals surface area (Å²) in [6.45, 7) is 9.49. The summed E-state index contributed by atoms with van der Waals surface area (Å²) in [6, 6.07) is 10.6. The van der Waals surface area contributed by atoms with Crippen LogP contribution >= 0.6 is 0 Å². The van der Waals surface area contributed by atoms with Crippen molar-refractivity contribution in [2.45, 2.75) is 39.0 Å². The van der Waals surface area contributed by atoms with Gasteiger partial charge in [-0.05, 0) is 81.9 Å². The van der Waals surface area contributed by atoms with Crippen molar-refractivity contribution in [2.75, 3.05) is 39.8 Å². The van der Waals surface area contributed by atoms with E-state index in [2.05, 4.69) is 52.6 Å². The largest absolute Gasteiger partial charge is 0.469 e. The molecule has 4 rings (SSSR count). The van der Waals surface area contributed by atoms with Crippen LogP contribution in [0.3, 0.4) is 0 Å². The van der Waals surface area contributed by atoms with Crippen molar-refractivity contribution in [3.8, 4) is 5.69 Å². The number of carbonyl (C=O) groups is 1. The molecule has 6 nitrogen and oxygen atoms in total. The number of hydrogen-bond acceptors (Lipinski definition) is 5. The van der Waals surface area contributed by atoms with E-state index in [1.807, 2.05) is 11.6 Å². The summed E-state index contributed by atoms with van der Waals surface area (Å²) < 4.78 is 7.01. The average Bonchev–Trinajstić information content (AvgIpc) is 3.11. The fourth-order valence-electron chi connectivity index (χ4n) is 5.19. The number of piperidine rings is 2. The average molecular weight is 411 g/mol. The zero-order chi connectivity index (χ0) is 21.1. The molecule has 3 heterocycles. The molecule has 0 aliphatic carbocycles. The number of rotatable bonds is 6. The van der Waals surface area contributed by atoms with Crippen molar-refractivity contribution in [3.63, 3.8) is 0 Å². The fraction of sp³-hybridized carbons (Fsp3) is 0.583. The van der Waals surface area contributed by atoms with Crippen LogP contribution < -0.4 is 5.32 Å². The van der Waals surface area contributed by atoms with Gasteiger partial charge in [-0.1, -0.05) is 12.1 Å². The van der Waals surface area contributed by atoms with Gasteiger partial charge < -0.3 is 15.0 Å². The number of hydrogen-bond donors (Lipinski definition) is 1. The number of esters is 1. The Balaban J connectivity index is 1.54. The summed E-state index contributed by atoms with van der Waals surface area (Å²) >= 11 is 0. The predicted molar refractivity (Wildman–Crippen MR) is 118 cm³/mol. The van der Waals surface area contributed by atoms with Crippen molar-refractivity contribution in [3.05, 3.63) is 47.3 Å². The second kappa shape index (κ2) is 9.31. The lowest BCUT2D eigenvalue weighted by Gasteiger charge is -2.42. The molecule has 6 heteroatoms. The fourth-order valence-corrected chi connectivity index (χ4v) is 5.19. The standard InChI is InChI=1S/C24H34N4O2/c1-17-11-18(2)28(26-17)23-6-4-5-20(12-23)21(13-24(29)30-3)15-27-10-8-19-7-9-25-14-22(19)16-27/h4-6,11-12,19,21-22,25H,7-10,13-16H2,1-3H3/t19?,21-,22?/m1/s1. The normalized spacial score (nSPS) is 23.0. The maximum atomic E-state index is 12.2. The van der Waals surface area contributed by atoms with Gasteiger partial charge in [0.25, 0.3) is 0 Å². The molecule has 162 valence electrons. The second-order valence-electron chi connectivity index (χ2n) is 8.97. The van der Waals surface area contributed by atoms with E-state index in [4.69, 9.17) is 4.74 Å². The van der Waals surface area contributed by atoms with E-state index in [0.717, 1.165) is 61.6 Å². The van der Waals surface area contributed by atoms with Gasteiger partial charge in [-0.15, -0.1) is 0 Å². The van der Waals surface area contributed by atoms with Gasteiger partial charge in [0, 0.05) is 24.7 Å². The van der Waals surface area contributed by atoms with Crippen LogP contribution in [-0.4, -0.2) is 60.5 Å². The van der Waals surface area contributed by atoms with E-state index in [9.17, 15) is 4.79 Å². The first-order chi connectivity index (χ1) is 14.5. The Hall–Kier alpha value is -2.18. The van der Waals surface area contributed by atoms with E-state index in [0.29, 0.717) is 6.42 Å². The van der Waals surface area contributed by atoms with Crippen molar-refractivity contribution >= 4 is 5.97 Å². The van der Waals surface area contributed by atoms with Crippen molar-refractivity contribution in [1.82, 2.24) is 20.0 Å². The predicted octanol–water partition coefficient (Wildman–Crippen LogP) is 3.07. The summed E-state index contributed by atoms with van der Waals surface area (Å²) in [5.74, 6) is 1.55. The van der Waals surface area contributed by atoms with E-state index in [1.165, 1.54) is 25.5 Å². The van der Waals surface area contributed by atoms with Crippen LogP contribution in [0.5, 0.6) is 0 Å². The van der Waals surface area contributed by atoms with Crippen LogP contribution in [0, 0.1) is 25.7 Å². The van der Waals surface area contributed by atoms with Crippen molar-refractivity contribution in [1.29, 1.82) is 0 Å². The number of benzene rings is 1. The lowest BCUT2D eigenvalue weighted by Crippen LogP contribution is -2.49. The SMILES string of the molecule is COC(=O)C[C@H](CN1CCC2CCNCC2C1)c1cccc(-n2nc(C)cc2C)c1. The number of aryl methyl sites for hydroxylation is 2. The molecule has 2 aliphatic rings. The second-order valence-corrected chi connectivity index (χ2v) is 8.97. The summed E-state index contributed by atoms with van der Waals surface area (Å²) in [5, 5.41) is 8.18. The monoisotopic (exact) mass is 410 g/mol. The third-order valence-corrected chi connectivity index (χ3v) is 6.79. The van der Waals surface area contributed by atoms with Gasteiger partial charge >= 0.3 is 5.97 Å². The minimum absolute atomic E-state index is 0.113. The maximum absolute atomic E-state index is 12.2. The number of nitrogens with zero attached hydrogens (tertiary/aromatic N) is 3. The van der Waals surface area contributed by atoms with E-state index >= 15 is 0 Å². The number of aromatic nitrogens is 2. The highest BCUT2D eigenvalue weighted by molar-refractivity contribution is 5.70. The molecule has 1 aromatic carbocycles. The van der Waals surface area contributed by atoms with Crippen molar-refractivity contribution < 1.29 is 9.53 Å². The van der Waals surface area contributed by atoms with Gasteiger partial charge in [0.15, 0.2) is 0 Å². The smallest absolute Gasteiger partial charge is 0.306 e. The number of fused-ring (bicyclic) bond motifs is 1. The van der Waals surface area contributed by atoms with Crippen molar-refractivity contribution in [2.24, 2.45) is 11.8 Å². The Morgan fingerprint density at radius 1 is 1.27 bits per heavy atom. The van der Waals surface area contributed by atoms with E-state index in [-0.39, 0.29) is 11.9 Å². The molecule has 2 unspecified atom stereocenters. The highest BCUT2D eigenvalue weighted by Gasteiger charge is 2.32. The summed E-state index contributed by atoms with van der Waals surface area (Å²) in [7, 11) is 1.48.